The molecule has 0 unspecified atom stereocenters. The Kier molecular flexibility index (Phi) is 6.85. The minimum absolute atomic E-state index is 0.173. The number of anilines is 1. The number of nitrogens with two attached hydrogens (primary N) is 1. The van der Waals surface area contributed by atoms with Crippen LogP contribution in [0.4, 0.5) is 5.82 Å². The topological polar surface area (TPSA) is 103 Å². The molecule has 8 nitrogen and oxygen atoms in total. The van der Waals surface area contributed by atoms with E-state index in [4.69, 9.17) is 21.8 Å². The molecule has 0 atom stereocenters. The van der Waals surface area contributed by atoms with Crippen LogP contribution in [0.25, 0.3) is 33.9 Å². The van der Waals surface area contributed by atoms with Crippen LogP contribution in [-0.2, 0) is 11.2 Å². The highest BCUT2D eigenvalue weighted by Gasteiger charge is 2.25. The van der Waals surface area contributed by atoms with Crippen LogP contribution in [0.3, 0.4) is 0 Å². The number of amides is 1. The summed E-state index contributed by atoms with van der Waals surface area (Å²) >= 11 is 6.12. The summed E-state index contributed by atoms with van der Waals surface area (Å²) in [6.45, 7) is 1.44. The van der Waals surface area contributed by atoms with Gasteiger partial charge >= 0.3 is 0 Å². The van der Waals surface area contributed by atoms with Gasteiger partial charge in [0.25, 0.3) is 0 Å². The first kappa shape index (κ1) is 24.9. The number of piperidine rings is 1. The minimum atomic E-state index is 0.173. The van der Waals surface area contributed by atoms with Gasteiger partial charge in [-0.05, 0) is 36.6 Å². The zero-order chi connectivity index (χ0) is 26.8. The number of pyridine rings is 1. The molecule has 196 valence electrons. The molecular formula is C30H27ClN6O2. The Morgan fingerprint density at radius 3 is 2.56 bits per heavy atom. The number of nitrogens with zero attached hydrogens (tertiary/aromatic N) is 5. The number of aromatic nitrogens is 4. The molecule has 1 amide bonds. The molecule has 2 aromatic carbocycles. The standard InChI is InChI=1S/C30H27ClN6O2/c31-24-8-4-7-21(14-24)27-18-34-30(39-27)26-15-22(16-33-29(26)32)23-17-35-37(19-23)25-9-11-36(12-10-25)28(38)13-20-5-2-1-3-6-20/h1-8,14-19,25H,9-13H2,(H2,32,33). The van der Waals surface area contributed by atoms with Crippen molar-refractivity contribution >= 4 is 23.3 Å². The number of benzene rings is 2. The fraction of sp³-hybridized carbons (Fsp3) is 0.200. The predicted molar refractivity (Wildman–Crippen MR) is 151 cm³/mol. The molecule has 5 aromatic rings. The Labute approximate surface area is 231 Å². The molecule has 6 rings (SSSR count). The summed E-state index contributed by atoms with van der Waals surface area (Å²) in [5.74, 6) is 1.49. The molecule has 0 saturated carbocycles. The highest BCUT2D eigenvalue weighted by Crippen LogP contribution is 2.33. The third-order valence-corrected chi connectivity index (χ3v) is 7.32. The molecule has 3 aromatic heterocycles. The van der Waals surface area contributed by atoms with Gasteiger partial charge in [-0.1, -0.05) is 54.1 Å². The lowest BCUT2D eigenvalue weighted by molar-refractivity contribution is -0.131. The number of hydrogen-bond acceptors (Lipinski definition) is 6. The molecule has 0 aliphatic carbocycles. The highest BCUT2D eigenvalue weighted by molar-refractivity contribution is 6.30. The van der Waals surface area contributed by atoms with Crippen LogP contribution in [0.2, 0.25) is 5.02 Å². The van der Waals surface area contributed by atoms with E-state index in [0.717, 1.165) is 48.2 Å². The van der Waals surface area contributed by atoms with Crippen molar-refractivity contribution in [2.75, 3.05) is 18.8 Å². The lowest BCUT2D eigenvalue weighted by Gasteiger charge is -2.32. The largest absolute Gasteiger partial charge is 0.436 e. The number of rotatable bonds is 6. The number of oxazole rings is 1. The van der Waals surface area contributed by atoms with E-state index in [0.29, 0.717) is 34.5 Å². The fourth-order valence-electron chi connectivity index (χ4n) is 4.93. The van der Waals surface area contributed by atoms with Gasteiger partial charge in [-0.3, -0.25) is 9.48 Å². The molecule has 1 saturated heterocycles. The molecule has 9 heteroatoms. The molecular weight excluding hydrogens is 512 g/mol. The van der Waals surface area contributed by atoms with Crippen molar-refractivity contribution in [2.24, 2.45) is 0 Å². The lowest BCUT2D eigenvalue weighted by atomic mass is 10.0. The van der Waals surface area contributed by atoms with Crippen LogP contribution in [-0.4, -0.2) is 43.6 Å². The smallest absolute Gasteiger partial charge is 0.230 e. The Hall–Kier alpha value is -4.43. The first-order valence-corrected chi connectivity index (χ1v) is 13.2. The normalized spacial score (nSPS) is 14.0. The summed E-state index contributed by atoms with van der Waals surface area (Å²) in [4.78, 5) is 23.5. The van der Waals surface area contributed by atoms with Crippen molar-refractivity contribution in [1.29, 1.82) is 0 Å². The summed E-state index contributed by atoms with van der Waals surface area (Å²) < 4.78 is 8.00. The third kappa shape index (κ3) is 5.42. The number of carbonyl (C=O) groups excluding carboxylic acids is 1. The lowest BCUT2D eigenvalue weighted by Crippen LogP contribution is -2.39. The second-order valence-corrected chi connectivity index (χ2v) is 10.1. The van der Waals surface area contributed by atoms with Crippen molar-refractivity contribution in [3.8, 4) is 33.9 Å². The van der Waals surface area contributed by atoms with Crippen molar-refractivity contribution in [2.45, 2.75) is 25.3 Å². The first-order valence-electron chi connectivity index (χ1n) is 12.9. The van der Waals surface area contributed by atoms with E-state index >= 15 is 0 Å². The molecule has 4 heterocycles. The van der Waals surface area contributed by atoms with Crippen LogP contribution >= 0.6 is 11.6 Å². The number of nitrogen functional groups attached to an aromatic ring is 1. The van der Waals surface area contributed by atoms with E-state index in [-0.39, 0.29) is 11.9 Å². The van der Waals surface area contributed by atoms with E-state index in [1.807, 2.05) is 82.6 Å². The fourth-order valence-corrected chi connectivity index (χ4v) is 5.12. The first-order chi connectivity index (χ1) is 19.0. The maximum atomic E-state index is 12.7. The summed E-state index contributed by atoms with van der Waals surface area (Å²) in [5, 5.41) is 5.25. The van der Waals surface area contributed by atoms with Crippen molar-refractivity contribution in [3.63, 3.8) is 0 Å². The van der Waals surface area contributed by atoms with E-state index < -0.39 is 0 Å². The number of hydrogen-bond donors (Lipinski definition) is 1. The Morgan fingerprint density at radius 2 is 1.77 bits per heavy atom. The van der Waals surface area contributed by atoms with Gasteiger partial charge < -0.3 is 15.1 Å². The summed E-state index contributed by atoms with van der Waals surface area (Å²) in [6.07, 6.45) is 9.39. The maximum Gasteiger partial charge on any atom is 0.230 e. The van der Waals surface area contributed by atoms with Crippen molar-refractivity contribution in [1.82, 2.24) is 24.6 Å². The average Bonchev–Trinajstić information content (AvgIpc) is 3.65. The van der Waals surface area contributed by atoms with Crippen LogP contribution in [0.5, 0.6) is 0 Å². The van der Waals surface area contributed by atoms with Gasteiger partial charge in [0.1, 0.15) is 5.82 Å². The van der Waals surface area contributed by atoms with Gasteiger partial charge in [0.05, 0.1) is 30.4 Å². The van der Waals surface area contributed by atoms with E-state index in [9.17, 15) is 4.79 Å². The minimum Gasteiger partial charge on any atom is -0.436 e. The monoisotopic (exact) mass is 538 g/mol. The average molecular weight is 539 g/mol. The Morgan fingerprint density at radius 1 is 0.949 bits per heavy atom. The van der Waals surface area contributed by atoms with Crippen molar-refractivity contribution in [3.05, 3.63) is 96.0 Å². The number of carbonyl (C=O) groups is 1. The molecule has 0 radical (unpaired) electrons. The second-order valence-electron chi connectivity index (χ2n) is 9.68. The van der Waals surface area contributed by atoms with E-state index in [2.05, 4.69) is 15.1 Å². The summed E-state index contributed by atoms with van der Waals surface area (Å²) in [7, 11) is 0. The molecule has 1 fully saturated rings. The molecule has 39 heavy (non-hydrogen) atoms. The van der Waals surface area contributed by atoms with Gasteiger partial charge in [-0.15, -0.1) is 0 Å². The molecule has 0 bridgehead atoms. The van der Waals surface area contributed by atoms with Crippen LogP contribution in [0.1, 0.15) is 24.4 Å². The van der Waals surface area contributed by atoms with Gasteiger partial charge in [0.15, 0.2) is 5.76 Å². The van der Waals surface area contributed by atoms with Crippen molar-refractivity contribution < 1.29 is 9.21 Å². The summed E-state index contributed by atoms with van der Waals surface area (Å²) in [6, 6.07) is 19.4. The SMILES string of the molecule is Nc1ncc(-c2cnn(C3CCN(C(=O)Cc4ccccc4)CC3)c2)cc1-c1ncc(-c2cccc(Cl)c2)o1. The zero-order valence-electron chi connectivity index (χ0n) is 21.2. The van der Waals surface area contributed by atoms with Gasteiger partial charge in [-0.2, -0.15) is 5.10 Å². The Balaban J connectivity index is 1.14. The van der Waals surface area contributed by atoms with Crippen LogP contribution in [0.15, 0.2) is 89.9 Å². The number of likely N-dealkylation sites (tertiary alicyclic amines) is 1. The Bertz CT molecular complexity index is 1600. The molecule has 1 aliphatic heterocycles. The molecule has 0 spiro atoms. The van der Waals surface area contributed by atoms with Crippen LogP contribution < -0.4 is 5.73 Å². The summed E-state index contributed by atoms with van der Waals surface area (Å²) in [5.41, 5.74) is 10.5. The zero-order valence-corrected chi connectivity index (χ0v) is 22.0. The highest BCUT2D eigenvalue weighted by atomic mass is 35.5. The third-order valence-electron chi connectivity index (χ3n) is 7.09. The van der Waals surface area contributed by atoms with E-state index in [1.165, 1.54) is 0 Å². The predicted octanol–water partition coefficient (Wildman–Crippen LogP) is 5.91. The van der Waals surface area contributed by atoms with Gasteiger partial charge in [-0.25, -0.2) is 9.97 Å². The number of halogens is 1. The van der Waals surface area contributed by atoms with Gasteiger partial charge in [0.2, 0.25) is 11.8 Å². The molecule has 2 N–H and O–H groups in total. The molecule has 1 aliphatic rings. The van der Waals surface area contributed by atoms with E-state index in [1.54, 1.807) is 12.4 Å². The maximum absolute atomic E-state index is 12.7. The second kappa shape index (κ2) is 10.7. The van der Waals surface area contributed by atoms with Gasteiger partial charge in [0, 0.05) is 47.2 Å². The van der Waals surface area contributed by atoms with Crippen LogP contribution in [0, 0.1) is 0 Å². The quantitative estimate of drug-likeness (QED) is 0.288.